The summed E-state index contributed by atoms with van der Waals surface area (Å²) in [6.07, 6.45) is 3.24. The molecule has 0 saturated heterocycles. The number of imidazole rings is 1. The van der Waals surface area contributed by atoms with Gasteiger partial charge in [-0.1, -0.05) is 24.3 Å². The average molecular weight is 340 g/mol. The first kappa shape index (κ1) is 17.0. The molecule has 0 unspecified atom stereocenters. The maximum absolute atomic E-state index is 13.1. The first-order valence-corrected chi connectivity index (χ1v) is 8.38. The van der Waals surface area contributed by atoms with E-state index in [1.54, 1.807) is 6.07 Å². The van der Waals surface area contributed by atoms with E-state index in [1.807, 2.05) is 36.7 Å². The predicted molar refractivity (Wildman–Crippen MR) is 95.9 cm³/mol. The number of rotatable bonds is 7. The van der Waals surface area contributed by atoms with Crippen molar-refractivity contribution in [3.8, 4) is 0 Å². The molecule has 2 amide bonds. The van der Waals surface area contributed by atoms with Crippen molar-refractivity contribution in [3.05, 3.63) is 66.2 Å². The minimum Gasteiger partial charge on any atom is -0.338 e. The van der Waals surface area contributed by atoms with E-state index in [1.165, 1.54) is 12.1 Å². The van der Waals surface area contributed by atoms with Crippen LogP contribution < -0.4 is 10.6 Å². The van der Waals surface area contributed by atoms with Gasteiger partial charge in [0.1, 0.15) is 5.82 Å². The van der Waals surface area contributed by atoms with E-state index in [0.717, 1.165) is 29.6 Å². The second-order valence-corrected chi connectivity index (χ2v) is 5.84. The van der Waals surface area contributed by atoms with Gasteiger partial charge in [-0.05, 0) is 42.7 Å². The van der Waals surface area contributed by atoms with Crippen LogP contribution in [0, 0.1) is 5.82 Å². The number of aryl methyl sites for hydroxylation is 1. The fraction of sp³-hybridized carbons (Fsp3) is 0.263. The quantitative estimate of drug-likeness (QED) is 0.649. The Balaban J connectivity index is 1.34. The highest BCUT2D eigenvalue weighted by Crippen LogP contribution is 2.11. The van der Waals surface area contributed by atoms with E-state index >= 15 is 0 Å². The molecule has 0 atom stereocenters. The summed E-state index contributed by atoms with van der Waals surface area (Å²) >= 11 is 0. The molecule has 1 heterocycles. The van der Waals surface area contributed by atoms with Gasteiger partial charge in [0.25, 0.3) is 0 Å². The molecule has 130 valence electrons. The number of para-hydroxylation sites is 2. The minimum absolute atomic E-state index is 0.202. The number of amides is 2. The molecule has 0 aliphatic carbocycles. The van der Waals surface area contributed by atoms with Gasteiger partial charge in [0, 0.05) is 19.6 Å². The molecule has 0 bridgehead atoms. The number of carbonyl (C=O) groups is 1. The van der Waals surface area contributed by atoms with Gasteiger partial charge in [-0.25, -0.2) is 14.2 Å². The first-order valence-electron chi connectivity index (χ1n) is 8.38. The highest BCUT2D eigenvalue weighted by atomic mass is 19.1. The lowest BCUT2D eigenvalue weighted by molar-refractivity contribution is 0.240. The molecule has 0 aliphatic rings. The van der Waals surface area contributed by atoms with Gasteiger partial charge in [-0.3, -0.25) is 0 Å². The average Bonchev–Trinajstić information content (AvgIpc) is 3.02. The maximum atomic E-state index is 13.1. The molecule has 0 saturated carbocycles. The molecular formula is C19H21FN4O. The zero-order valence-electron chi connectivity index (χ0n) is 13.9. The van der Waals surface area contributed by atoms with Gasteiger partial charge in [0.15, 0.2) is 0 Å². The number of fused-ring (bicyclic) bond motifs is 1. The molecule has 0 radical (unpaired) electrons. The van der Waals surface area contributed by atoms with E-state index in [9.17, 15) is 9.18 Å². The van der Waals surface area contributed by atoms with Crippen LogP contribution in [0.25, 0.3) is 11.0 Å². The van der Waals surface area contributed by atoms with Gasteiger partial charge >= 0.3 is 6.03 Å². The summed E-state index contributed by atoms with van der Waals surface area (Å²) in [4.78, 5) is 16.1. The largest absolute Gasteiger partial charge is 0.338 e. The van der Waals surface area contributed by atoms with Gasteiger partial charge in [-0.15, -0.1) is 0 Å². The summed E-state index contributed by atoms with van der Waals surface area (Å²) in [7, 11) is 0. The van der Waals surface area contributed by atoms with Gasteiger partial charge in [0.05, 0.1) is 17.4 Å². The Morgan fingerprint density at radius 3 is 2.80 bits per heavy atom. The van der Waals surface area contributed by atoms with Gasteiger partial charge in [-0.2, -0.15) is 0 Å². The van der Waals surface area contributed by atoms with Crippen LogP contribution in [0.2, 0.25) is 0 Å². The lowest BCUT2D eigenvalue weighted by Gasteiger charge is -2.08. The summed E-state index contributed by atoms with van der Waals surface area (Å²) in [5.41, 5.74) is 2.94. The van der Waals surface area contributed by atoms with Crippen LogP contribution in [0.3, 0.4) is 0 Å². The molecule has 0 fully saturated rings. The maximum Gasteiger partial charge on any atom is 0.314 e. The number of hydrogen-bond acceptors (Lipinski definition) is 2. The fourth-order valence-corrected chi connectivity index (χ4v) is 2.72. The van der Waals surface area contributed by atoms with Crippen LogP contribution in [0.5, 0.6) is 0 Å². The van der Waals surface area contributed by atoms with Crippen molar-refractivity contribution in [1.29, 1.82) is 0 Å². The van der Waals surface area contributed by atoms with E-state index in [4.69, 9.17) is 0 Å². The molecule has 0 spiro atoms. The van der Waals surface area contributed by atoms with Crippen molar-refractivity contribution in [2.75, 3.05) is 13.1 Å². The number of nitrogens with zero attached hydrogens (tertiary/aromatic N) is 2. The van der Waals surface area contributed by atoms with Gasteiger partial charge in [0.2, 0.25) is 0 Å². The van der Waals surface area contributed by atoms with Crippen molar-refractivity contribution in [3.63, 3.8) is 0 Å². The van der Waals surface area contributed by atoms with Crippen LogP contribution in [0.4, 0.5) is 9.18 Å². The summed E-state index contributed by atoms with van der Waals surface area (Å²) in [5.74, 6) is -0.256. The monoisotopic (exact) mass is 340 g/mol. The Bertz CT molecular complexity index is 846. The third-order valence-corrected chi connectivity index (χ3v) is 3.98. The smallest absolute Gasteiger partial charge is 0.314 e. The van der Waals surface area contributed by atoms with E-state index in [2.05, 4.69) is 20.2 Å². The van der Waals surface area contributed by atoms with Crippen molar-refractivity contribution in [1.82, 2.24) is 20.2 Å². The van der Waals surface area contributed by atoms with Crippen molar-refractivity contribution >= 4 is 17.1 Å². The molecule has 25 heavy (non-hydrogen) atoms. The number of hydrogen-bond donors (Lipinski definition) is 2. The molecule has 3 rings (SSSR count). The normalized spacial score (nSPS) is 10.8. The molecule has 0 aliphatic heterocycles. The van der Waals surface area contributed by atoms with Gasteiger partial charge < -0.3 is 15.2 Å². The Labute approximate surface area is 145 Å². The molecular weight excluding hydrogens is 319 g/mol. The zero-order chi connectivity index (χ0) is 17.5. The third-order valence-electron chi connectivity index (χ3n) is 3.98. The Morgan fingerprint density at radius 1 is 1.08 bits per heavy atom. The number of carbonyl (C=O) groups excluding carboxylic acids is 1. The van der Waals surface area contributed by atoms with Crippen molar-refractivity contribution < 1.29 is 9.18 Å². The Hall–Kier alpha value is -2.89. The van der Waals surface area contributed by atoms with Crippen LogP contribution in [-0.2, 0) is 13.0 Å². The van der Waals surface area contributed by atoms with Crippen LogP contribution in [0.1, 0.15) is 12.0 Å². The zero-order valence-corrected chi connectivity index (χ0v) is 13.9. The molecule has 2 aromatic carbocycles. The molecule has 3 aromatic rings. The second-order valence-electron chi connectivity index (χ2n) is 5.84. The van der Waals surface area contributed by atoms with E-state index in [-0.39, 0.29) is 11.8 Å². The van der Waals surface area contributed by atoms with Crippen LogP contribution in [0.15, 0.2) is 54.9 Å². The highest BCUT2D eigenvalue weighted by Gasteiger charge is 2.03. The highest BCUT2D eigenvalue weighted by molar-refractivity contribution is 5.75. The minimum atomic E-state index is -0.256. The second kappa shape index (κ2) is 8.28. The van der Waals surface area contributed by atoms with Crippen molar-refractivity contribution in [2.45, 2.75) is 19.4 Å². The van der Waals surface area contributed by atoms with E-state index < -0.39 is 0 Å². The molecule has 2 N–H and O–H groups in total. The number of aromatic nitrogens is 2. The lowest BCUT2D eigenvalue weighted by Crippen LogP contribution is -2.37. The number of halogens is 1. The summed E-state index contributed by atoms with van der Waals surface area (Å²) in [5, 5.41) is 5.62. The summed E-state index contributed by atoms with van der Waals surface area (Å²) < 4.78 is 15.1. The van der Waals surface area contributed by atoms with Crippen molar-refractivity contribution in [2.24, 2.45) is 0 Å². The third kappa shape index (κ3) is 4.79. The fourth-order valence-electron chi connectivity index (χ4n) is 2.72. The Morgan fingerprint density at radius 2 is 1.92 bits per heavy atom. The molecule has 6 heteroatoms. The van der Waals surface area contributed by atoms with Crippen LogP contribution in [-0.4, -0.2) is 28.7 Å². The predicted octanol–water partition coefficient (Wildman–Crippen LogP) is 3.11. The van der Waals surface area contributed by atoms with Crippen LogP contribution >= 0.6 is 0 Å². The van der Waals surface area contributed by atoms with E-state index in [0.29, 0.717) is 19.5 Å². The molecule has 5 nitrogen and oxygen atoms in total. The lowest BCUT2D eigenvalue weighted by atomic mass is 10.1. The number of nitrogens with one attached hydrogen (secondary N) is 2. The molecule has 1 aromatic heterocycles. The number of benzene rings is 2. The first-order chi connectivity index (χ1) is 12.2. The Kier molecular flexibility index (Phi) is 5.61. The number of urea groups is 1. The standard InChI is InChI=1S/C19H21FN4O/c20-16-6-3-5-15(13-16)9-11-22-19(25)21-10-4-12-24-14-23-17-7-1-2-8-18(17)24/h1-3,5-8,13-14H,4,9-12H2,(H2,21,22,25). The summed E-state index contributed by atoms with van der Waals surface area (Å²) in [6, 6.07) is 14.2. The topological polar surface area (TPSA) is 59.0 Å². The summed E-state index contributed by atoms with van der Waals surface area (Å²) in [6.45, 7) is 1.85. The SMILES string of the molecule is O=C(NCCCn1cnc2ccccc21)NCCc1cccc(F)c1.